The van der Waals surface area contributed by atoms with Crippen molar-refractivity contribution in [2.45, 2.75) is 64.8 Å². The molecule has 1 unspecified atom stereocenters. The molecule has 1 aliphatic heterocycles. The van der Waals surface area contributed by atoms with Gasteiger partial charge >= 0.3 is 6.03 Å². The molecule has 1 heterocycles. The van der Waals surface area contributed by atoms with Crippen molar-refractivity contribution < 1.29 is 29.1 Å². The number of hydrogen-bond acceptors (Lipinski definition) is 6. The number of urea groups is 1. The molecular weight excluding hydrogens is 467 g/mol. The maximum Gasteiger partial charge on any atom is 0.330 e. The van der Waals surface area contributed by atoms with Gasteiger partial charge in [0, 0.05) is 12.1 Å². The average molecular weight is 503 g/mol. The summed E-state index contributed by atoms with van der Waals surface area (Å²) in [6.45, 7) is 8.23. The number of carbonyl (C=O) groups excluding carboxylic acids is 2. The van der Waals surface area contributed by atoms with Gasteiger partial charge in [0.2, 0.25) is 11.4 Å². The first kappa shape index (κ1) is 26.9. The van der Waals surface area contributed by atoms with E-state index < -0.39 is 31.7 Å². The largest absolute Gasteiger partial charge is 0.469 e. The fourth-order valence-electron chi connectivity index (χ4n) is 4.61. The van der Waals surface area contributed by atoms with E-state index in [0.29, 0.717) is 25.1 Å². The molecule has 0 bridgehead atoms. The SMILES string of the molecule is CCCN(C(=O)N1C(=O)C(CC)(CC)[C@@H]1Oc1ccc(C(O)(O)[PH2]=O)cc1)[C@H](C)c1ccccc1. The van der Waals surface area contributed by atoms with Crippen molar-refractivity contribution in [3.8, 4) is 5.75 Å². The van der Waals surface area contributed by atoms with Crippen LogP contribution in [0.2, 0.25) is 0 Å². The molecule has 8 nitrogen and oxygen atoms in total. The zero-order valence-corrected chi connectivity index (χ0v) is 21.8. The van der Waals surface area contributed by atoms with Crippen molar-refractivity contribution in [1.29, 1.82) is 0 Å². The predicted octanol–water partition coefficient (Wildman–Crippen LogP) is 4.48. The maximum absolute atomic E-state index is 13.7. The van der Waals surface area contributed by atoms with E-state index in [1.807, 2.05) is 58.0 Å². The summed E-state index contributed by atoms with van der Waals surface area (Å²) in [5.74, 6) is 0.111. The molecule has 35 heavy (non-hydrogen) atoms. The molecule has 2 aromatic rings. The van der Waals surface area contributed by atoms with Gasteiger partial charge in [-0.2, -0.15) is 0 Å². The van der Waals surface area contributed by atoms with Crippen LogP contribution in [0.3, 0.4) is 0 Å². The Balaban J connectivity index is 1.91. The topological polar surface area (TPSA) is 107 Å². The first-order chi connectivity index (χ1) is 16.7. The molecule has 0 aliphatic carbocycles. The molecule has 2 N–H and O–H groups in total. The third-order valence-corrected chi connectivity index (χ3v) is 7.63. The zero-order valence-electron chi connectivity index (χ0n) is 20.7. The molecule has 1 saturated heterocycles. The monoisotopic (exact) mass is 502 g/mol. The quantitative estimate of drug-likeness (QED) is 0.282. The van der Waals surface area contributed by atoms with Gasteiger partial charge in [0.1, 0.15) is 19.6 Å². The van der Waals surface area contributed by atoms with E-state index in [4.69, 9.17) is 4.74 Å². The Bertz CT molecular complexity index is 1040. The van der Waals surface area contributed by atoms with Gasteiger partial charge in [-0.25, -0.2) is 9.69 Å². The standard InChI is InChI=1S/C26H35N2O6P/c1-5-17-27(18(4)19-11-9-8-10-12-19)24(30)28-22(29)25(6-2,7-3)23(28)34-21-15-13-20(14-16-21)26(31,32)35-33/h8-16,18,23,31-32H,5-7,17,35H2,1-4H3/t18-,23+/m1/s1. The van der Waals surface area contributed by atoms with E-state index >= 15 is 0 Å². The van der Waals surface area contributed by atoms with Crippen LogP contribution in [-0.4, -0.2) is 44.7 Å². The number of benzene rings is 2. The first-order valence-corrected chi connectivity index (χ1v) is 13.1. The number of nitrogens with zero attached hydrogens (tertiary/aromatic N) is 2. The molecular formula is C26H35N2O6P. The lowest BCUT2D eigenvalue weighted by Crippen LogP contribution is -2.74. The predicted molar refractivity (Wildman–Crippen MR) is 134 cm³/mol. The smallest absolute Gasteiger partial charge is 0.330 e. The second kappa shape index (κ2) is 10.9. The molecule has 0 spiro atoms. The summed E-state index contributed by atoms with van der Waals surface area (Å²) in [5, 5.41) is 19.7. The number of imide groups is 1. The van der Waals surface area contributed by atoms with Crippen LogP contribution in [0.15, 0.2) is 54.6 Å². The molecule has 3 rings (SSSR count). The van der Waals surface area contributed by atoms with Crippen LogP contribution in [-0.2, 0) is 14.9 Å². The number of carbonyl (C=O) groups is 2. The molecule has 3 amide bonds. The molecule has 0 radical (unpaired) electrons. The van der Waals surface area contributed by atoms with Gasteiger partial charge in [-0.05, 0) is 56.0 Å². The number of ether oxygens (including phenoxy) is 1. The van der Waals surface area contributed by atoms with Gasteiger partial charge in [0.05, 0.1) is 6.04 Å². The fourth-order valence-corrected chi connectivity index (χ4v) is 4.94. The first-order valence-electron chi connectivity index (χ1n) is 12.0. The maximum atomic E-state index is 13.7. The highest BCUT2D eigenvalue weighted by Gasteiger charge is 2.63. The minimum absolute atomic E-state index is 0.0792. The van der Waals surface area contributed by atoms with E-state index in [2.05, 4.69) is 0 Å². The summed E-state index contributed by atoms with van der Waals surface area (Å²) in [4.78, 5) is 30.0. The fraction of sp³-hybridized carbons (Fsp3) is 0.462. The van der Waals surface area contributed by atoms with E-state index in [0.717, 1.165) is 12.0 Å². The third kappa shape index (κ3) is 5.01. The van der Waals surface area contributed by atoms with Crippen LogP contribution in [0, 0.1) is 5.41 Å². The lowest BCUT2D eigenvalue weighted by atomic mass is 9.72. The van der Waals surface area contributed by atoms with Crippen molar-refractivity contribution in [1.82, 2.24) is 9.80 Å². The zero-order chi connectivity index (χ0) is 25.8. The van der Waals surface area contributed by atoms with Crippen molar-refractivity contribution in [2.24, 2.45) is 5.41 Å². The highest BCUT2D eigenvalue weighted by Crippen LogP contribution is 2.47. The Morgan fingerprint density at radius 3 is 2.23 bits per heavy atom. The second-order valence-corrected chi connectivity index (χ2v) is 9.98. The Labute approximate surface area is 207 Å². The Hall–Kier alpha value is -2.67. The lowest BCUT2D eigenvalue weighted by molar-refractivity contribution is -0.192. The lowest BCUT2D eigenvalue weighted by Gasteiger charge is -2.54. The summed E-state index contributed by atoms with van der Waals surface area (Å²) in [6.07, 6.45) is 0.944. The van der Waals surface area contributed by atoms with Crippen molar-refractivity contribution >= 4 is 20.4 Å². The number of amides is 3. The van der Waals surface area contributed by atoms with Gasteiger partial charge in [-0.1, -0.05) is 51.1 Å². The summed E-state index contributed by atoms with van der Waals surface area (Å²) in [6, 6.07) is 14.9. The van der Waals surface area contributed by atoms with Crippen LogP contribution < -0.4 is 4.74 Å². The molecule has 9 heteroatoms. The average Bonchev–Trinajstić information content (AvgIpc) is 2.88. The molecule has 0 saturated carbocycles. The third-order valence-electron chi connectivity index (χ3n) is 6.97. The summed E-state index contributed by atoms with van der Waals surface area (Å²) >= 11 is 0. The van der Waals surface area contributed by atoms with Gasteiger partial charge in [0.25, 0.3) is 0 Å². The minimum atomic E-state index is -2.39. The van der Waals surface area contributed by atoms with Gasteiger partial charge in [-0.3, -0.25) is 4.79 Å². The van der Waals surface area contributed by atoms with Gasteiger partial charge in [0.15, 0.2) is 6.23 Å². The van der Waals surface area contributed by atoms with Crippen LogP contribution in [0.25, 0.3) is 0 Å². The minimum Gasteiger partial charge on any atom is -0.469 e. The van der Waals surface area contributed by atoms with Crippen molar-refractivity contribution in [2.75, 3.05) is 6.54 Å². The number of likely N-dealkylation sites (tertiary alicyclic amines) is 1. The van der Waals surface area contributed by atoms with Crippen LogP contribution in [0.4, 0.5) is 4.79 Å². The molecule has 2 aromatic carbocycles. The molecule has 3 atom stereocenters. The number of aliphatic hydroxyl groups is 2. The van der Waals surface area contributed by atoms with Crippen molar-refractivity contribution in [3.63, 3.8) is 0 Å². The van der Waals surface area contributed by atoms with Gasteiger partial charge < -0.3 is 24.4 Å². The van der Waals surface area contributed by atoms with Crippen LogP contribution in [0.1, 0.15) is 64.1 Å². The number of hydrogen-bond donors (Lipinski definition) is 2. The summed E-state index contributed by atoms with van der Waals surface area (Å²) < 4.78 is 17.3. The Morgan fingerprint density at radius 2 is 1.71 bits per heavy atom. The number of β-lactam (4-membered cyclic amide) rings is 1. The second-order valence-electron chi connectivity index (χ2n) is 8.94. The normalized spacial score (nSPS) is 18.4. The van der Waals surface area contributed by atoms with Gasteiger partial charge in [-0.15, -0.1) is 0 Å². The Morgan fingerprint density at radius 1 is 1.11 bits per heavy atom. The van der Waals surface area contributed by atoms with Crippen LogP contribution >= 0.6 is 8.46 Å². The van der Waals surface area contributed by atoms with E-state index in [-0.39, 0.29) is 17.5 Å². The van der Waals surface area contributed by atoms with E-state index in [1.165, 1.54) is 29.2 Å². The molecule has 1 aliphatic rings. The summed E-state index contributed by atoms with van der Waals surface area (Å²) in [7, 11) is -1.86. The summed E-state index contributed by atoms with van der Waals surface area (Å²) in [5.41, 5.74) is -2.17. The van der Waals surface area contributed by atoms with Crippen LogP contribution in [0.5, 0.6) is 5.75 Å². The van der Waals surface area contributed by atoms with E-state index in [1.54, 1.807) is 4.90 Å². The Kier molecular flexibility index (Phi) is 8.42. The molecule has 0 aromatic heterocycles. The highest BCUT2D eigenvalue weighted by molar-refractivity contribution is 7.24. The van der Waals surface area contributed by atoms with E-state index in [9.17, 15) is 24.4 Å². The van der Waals surface area contributed by atoms with Crippen molar-refractivity contribution in [3.05, 3.63) is 65.7 Å². The molecule has 1 fully saturated rings. The molecule has 190 valence electrons. The number of rotatable bonds is 10. The highest BCUT2D eigenvalue weighted by atomic mass is 31.1.